The second-order valence-electron chi connectivity index (χ2n) is 6.22. The third-order valence-electron chi connectivity index (χ3n) is 4.35. The number of nitrogens with one attached hydrogen (secondary N) is 2. The molecule has 0 aliphatic rings. The van der Waals surface area contributed by atoms with Gasteiger partial charge in [-0.15, -0.1) is 0 Å². The van der Waals surface area contributed by atoms with Crippen molar-refractivity contribution in [2.24, 2.45) is 0 Å². The van der Waals surface area contributed by atoms with Crippen molar-refractivity contribution in [3.8, 4) is 0 Å². The number of carbonyl (C=O) groups excluding carboxylic acids is 1. The maximum atomic E-state index is 12.3. The predicted octanol–water partition coefficient (Wildman–Crippen LogP) is 4.63. The van der Waals surface area contributed by atoms with E-state index in [1.807, 2.05) is 49.4 Å². The third-order valence-corrected chi connectivity index (χ3v) is 4.35. The molecular weight excluding hydrogens is 322 g/mol. The molecule has 4 nitrogen and oxygen atoms in total. The Morgan fingerprint density at radius 3 is 2.35 bits per heavy atom. The first-order valence-corrected chi connectivity index (χ1v) is 8.80. The molecule has 0 fully saturated rings. The molecule has 26 heavy (non-hydrogen) atoms. The fourth-order valence-corrected chi connectivity index (χ4v) is 2.67. The smallest absolute Gasteiger partial charge is 0.270 e. The Labute approximate surface area is 154 Å². The van der Waals surface area contributed by atoms with Crippen molar-refractivity contribution in [3.63, 3.8) is 0 Å². The number of carbonyl (C=O) groups is 1. The molecule has 4 heteroatoms. The van der Waals surface area contributed by atoms with Crippen LogP contribution in [0.15, 0.2) is 66.9 Å². The average Bonchev–Trinajstić information content (AvgIpc) is 2.68. The van der Waals surface area contributed by atoms with Gasteiger partial charge in [-0.05, 0) is 54.3 Å². The summed E-state index contributed by atoms with van der Waals surface area (Å²) in [4.78, 5) is 16.5. The van der Waals surface area contributed by atoms with Crippen LogP contribution in [0.1, 0.15) is 34.1 Å². The van der Waals surface area contributed by atoms with E-state index >= 15 is 0 Å². The number of hydrogen-bond donors (Lipinski definition) is 2. The van der Waals surface area contributed by atoms with Crippen molar-refractivity contribution < 1.29 is 4.79 Å². The summed E-state index contributed by atoms with van der Waals surface area (Å²) in [6, 6.07) is 19.9. The predicted molar refractivity (Wildman–Crippen MR) is 106 cm³/mol. The zero-order valence-electron chi connectivity index (χ0n) is 15.1. The first-order valence-electron chi connectivity index (χ1n) is 8.80. The van der Waals surface area contributed by atoms with Crippen LogP contribution in [-0.4, -0.2) is 10.9 Å². The highest BCUT2D eigenvalue weighted by molar-refractivity contribution is 5.92. The highest BCUT2D eigenvalue weighted by Gasteiger charge is 2.07. The van der Waals surface area contributed by atoms with Crippen molar-refractivity contribution in [1.82, 2.24) is 10.3 Å². The fraction of sp³-hybridized carbons (Fsp3) is 0.182. The number of anilines is 2. The van der Waals surface area contributed by atoms with E-state index in [2.05, 4.69) is 34.7 Å². The number of hydrogen-bond acceptors (Lipinski definition) is 3. The number of nitrogens with zero attached hydrogens (tertiary/aromatic N) is 1. The molecule has 0 radical (unpaired) electrons. The number of benzene rings is 2. The van der Waals surface area contributed by atoms with E-state index in [0.717, 1.165) is 28.9 Å². The Morgan fingerprint density at radius 1 is 0.962 bits per heavy atom. The lowest BCUT2D eigenvalue weighted by molar-refractivity contribution is 0.0946. The number of rotatable bonds is 6. The van der Waals surface area contributed by atoms with Gasteiger partial charge in [0.25, 0.3) is 5.91 Å². The van der Waals surface area contributed by atoms with Gasteiger partial charge in [0.2, 0.25) is 0 Å². The quantitative estimate of drug-likeness (QED) is 0.685. The third kappa shape index (κ3) is 4.48. The van der Waals surface area contributed by atoms with Gasteiger partial charge in [-0.2, -0.15) is 0 Å². The molecular formula is C22H23N3O. The van der Waals surface area contributed by atoms with Crippen LogP contribution < -0.4 is 10.6 Å². The number of pyridine rings is 1. The summed E-state index contributed by atoms with van der Waals surface area (Å²) in [5.74, 6) is -0.174. The van der Waals surface area contributed by atoms with E-state index in [0.29, 0.717) is 12.2 Å². The molecule has 0 unspecified atom stereocenters. The van der Waals surface area contributed by atoms with Crippen molar-refractivity contribution in [2.75, 3.05) is 5.32 Å². The number of amides is 1. The van der Waals surface area contributed by atoms with Gasteiger partial charge in [0.1, 0.15) is 5.69 Å². The van der Waals surface area contributed by atoms with Gasteiger partial charge in [-0.25, -0.2) is 4.98 Å². The maximum absolute atomic E-state index is 12.3. The molecule has 0 saturated heterocycles. The van der Waals surface area contributed by atoms with E-state index in [4.69, 9.17) is 0 Å². The van der Waals surface area contributed by atoms with Gasteiger partial charge in [0.05, 0.1) is 11.9 Å². The molecule has 1 heterocycles. The molecule has 0 bridgehead atoms. The van der Waals surface area contributed by atoms with Crippen LogP contribution in [0.25, 0.3) is 0 Å². The van der Waals surface area contributed by atoms with E-state index in [9.17, 15) is 4.79 Å². The molecule has 0 spiro atoms. The second-order valence-corrected chi connectivity index (χ2v) is 6.22. The lowest BCUT2D eigenvalue weighted by atomic mass is 10.1. The lowest BCUT2D eigenvalue weighted by Crippen LogP contribution is -2.24. The van der Waals surface area contributed by atoms with Crippen LogP contribution in [0.4, 0.5) is 11.4 Å². The molecule has 3 aromatic rings. The van der Waals surface area contributed by atoms with Crippen molar-refractivity contribution >= 4 is 17.3 Å². The van der Waals surface area contributed by atoms with Crippen LogP contribution in [0.5, 0.6) is 0 Å². The molecule has 1 amide bonds. The van der Waals surface area contributed by atoms with Crippen LogP contribution in [-0.2, 0) is 13.0 Å². The van der Waals surface area contributed by atoms with Crippen LogP contribution in [0.3, 0.4) is 0 Å². The second kappa shape index (κ2) is 8.30. The summed E-state index contributed by atoms with van der Waals surface area (Å²) in [6.07, 6.45) is 2.70. The minimum atomic E-state index is -0.174. The van der Waals surface area contributed by atoms with E-state index in [1.165, 1.54) is 5.56 Å². The first kappa shape index (κ1) is 17.7. The fourth-order valence-electron chi connectivity index (χ4n) is 2.67. The summed E-state index contributed by atoms with van der Waals surface area (Å²) in [5.41, 5.74) is 5.83. The molecule has 0 saturated carbocycles. The number of aromatic nitrogens is 1. The minimum Gasteiger partial charge on any atom is -0.354 e. The molecule has 0 atom stereocenters. The zero-order chi connectivity index (χ0) is 18.4. The highest BCUT2D eigenvalue weighted by atomic mass is 16.1. The molecule has 3 rings (SSSR count). The summed E-state index contributed by atoms with van der Waals surface area (Å²) in [7, 11) is 0. The Balaban J connectivity index is 1.59. The van der Waals surface area contributed by atoms with Crippen molar-refractivity contribution in [3.05, 3.63) is 89.2 Å². The van der Waals surface area contributed by atoms with Gasteiger partial charge in [-0.3, -0.25) is 4.79 Å². The normalized spacial score (nSPS) is 10.4. The van der Waals surface area contributed by atoms with Gasteiger partial charge < -0.3 is 10.6 Å². The summed E-state index contributed by atoms with van der Waals surface area (Å²) in [6.45, 7) is 4.67. The van der Waals surface area contributed by atoms with Crippen molar-refractivity contribution in [1.29, 1.82) is 0 Å². The number of aryl methyl sites for hydroxylation is 2. The molecule has 2 aromatic carbocycles. The molecule has 0 aliphatic carbocycles. The van der Waals surface area contributed by atoms with Gasteiger partial charge >= 0.3 is 0 Å². The summed E-state index contributed by atoms with van der Waals surface area (Å²) >= 11 is 0. The monoisotopic (exact) mass is 345 g/mol. The van der Waals surface area contributed by atoms with Gasteiger partial charge in [0.15, 0.2) is 0 Å². The minimum absolute atomic E-state index is 0.174. The molecule has 132 valence electrons. The van der Waals surface area contributed by atoms with Gasteiger partial charge in [0, 0.05) is 12.2 Å². The standard InChI is InChI=1S/C22H23N3O/c1-3-17-8-10-19(11-9-17)25-20-12-13-21(23-15-20)22(26)24-14-18-7-5-4-6-16(18)2/h4-13,15,25H,3,14H2,1-2H3,(H,24,26). The largest absolute Gasteiger partial charge is 0.354 e. The Bertz CT molecular complexity index is 871. The zero-order valence-corrected chi connectivity index (χ0v) is 15.1. The van der Waals surface area contributed by atoms with Crippen molar-refractivity contribution in [2.45, 2.75) is 26.8 Å². The Kier molecular flexibility index (Phi) is 5.64. The Morgan fingerprint density at radius 2 is 1.69 bits per heavy atom. The molecule has 1 aromatic heterocycles. The lowest BCUT2D eigenvalue weighted by Gasteiger charge is -2.09. The summed E-state index contributed by atoms with van der Waals surface area (Å²) < 4.78 is 0. The SMILES string of the molecule is CCc1ccc(Nc2ccc(C(=O)NCc3ccccc3C)nc2)cc1. The van der Waals surface area contributed by atoms with Crippen LogP contribution >= 0.6 is 0 Å². The van der Waals surface area contributed by atoms with E-state index in [-0.39, 0.29) is 5.91 Å². The average molecular weight is 345 g/mol. The molecule has 2 N–H and O–H groups in total. The van der Waals surface area contributed by atoms with Crippen LogP contribution in [0.2, 0.25) is 0 Å². The van der Waals surface area contributed by atoms with E-state index < -0.39 is 0 Å². The summed E-state index contributed by atoms with van der Waals surface area (Å²) in [5, 5.41) is 6.21. The maximum Gasteiger partial charge on any atom is 0.270 e. The van der Waals surface area contributed by atoms with E-state index in [1.54, 1.807) is 12.3 Å². The molecule has 0 aliphatic heterocycles. The topological polar surface area (TPSA) is 54.0 Å². The van der Waals surface area contributed by atoms with Crippen LogP contribution in [0, 0.1) is 6.92 Å². The van der Waals surface area contributed by atoms with Gasteiger partial charge in [-0.1, -0.05) is 43.3 Å². The highest BCUT2D eigenvalue weighted by Crippen LogP contribution is 2.17. The Hall–Kier alpha value is -3.14. The first-order chi connectivity index (χ1) is 12.7.